The molecule has 23 heteroatoms. The van der Waals surface area contributed by atoms with Gasteiger partial charge in [-0.3, -0.25) is 19.2 Å². The van der Waals surface area contributed by atoms with Crippen molar-refractivity contribution in [2.24, 2.45) is 5.41 Å². The lowest BCUT2D eigenvalue weighted by atomic mass is 9.62. The van der Waals surface area contributed by atoms with E-state index in [1.807, 2.05) is 25.7 Å². The molecule has 8 rings (SSSR count). The van der Waals surface area contributed by atoms with Crippen LogP contribution in [0.5, 0.6) is 11.5 Å². The lowest BCUT2D eigenvalue weighted by molar-refractivity contribution is -0.130. The number of likely N-dealkylation sites (N-methyl/N-ethyl adjacent to an activating group) is 1. The number of piperazine rings is 1. The summed E-state index contributed by atoms with van der Waals surface area (Å²) in [6, 6.07) is 18.1. The number of nitrogens with one attached hydrogen (secondary N) is 2. The summed E-state index contributed by atoms with van der Waals surface area (Å²) in [5.41, 5.74) is -2.77. The molecule has 0 unspecified atom stereocenters. The molecular formula is C62H63Cl3F4N8O8. The Hall–Kier alpha value is -7.38. The van der Waals surface area contributed by atoms with Crippen LogP contribution in [0.2, 0.25) is 15.1 Å². The van der Waals surface area contributed by atoms with Crippen LogP contribution in [0.25, 0.3) is 22.0 Å². The smallest absolute Gasteiger partial charge is 0.246 e. The number of halogens is 7. The molecule has 3 N–H and O–H groups in total. The number of aromatic nitrogens is 2. The number of aromatic hydroxyl groups is 1. The third-order valence-electron chi connectivity index (χ3n) is 15.2. The van der Waals surface area contributed by atoms with E-state index in [0.29, 0.717) is 31.7 Å². The lowest BCUT2D eigenvalue weighted by Gasteiger charge is -2.37. The molecule has 0 radical (unpaired) electrons. The van der Waals surface area contributed by atoms with E-state index in [4.69, 9.17) is 49.0 Å². The van der Waals surface area contributed by atoms with Crippen molar-refractivity contribution in [1.29, 1.82) is 5.26 Å². The third-order valence-corrected chi connectivity index (χ3v) is 16.0. The Morgan fingerprint density at radius 3 is 2.32 bits per heavy atom. The summed E-state index contributed by atoms with van der Waals surface area (Å²) in [7, 11) is 2.98. The molecule has 2 amide bonds. The first-order valence-corrected chi connectivity index (χ1v) is 28.4. The van der Waals surface area contributed by atoms with E-state index in [1.54, 1.807) is 18.0 Å². The highest BCUT2D eigenvalue weighted by atomic mass is 35.5. The van der Waals surface area contributed by atoms with E-state index in [0.717, 1.165) is 12.1 Å². The second kappa shape index (κ2) is 27.3. The standard InChI is InChI=1S/C62H63Cl3F4N8O8/c1-7-50(81)76-20-22-77(23-21-76)59-39-31-42(65)52(53-43(66)12-9-13-45(53)78)56(69)57(39)73-60(74-59)71-19-18-51(82)75(5)24-25-84-26-27-85-33-47(80)35-14-15-36(48(29-35)83-6)28-46(79)58-54(38-10-8-11-41(64)55(38)68)62(34-70,49(72-58)32-61(2,3)4)40-17-16-37(63)30-44(40)67/h7-17,29-31,49,54,58,72,78H,1,18-28,32-33H2,2-6H3,(H,71,73,74)/t49-,54-,58-,62-/m0/s1. The number of amides is 2. The summed E-state index contributed by atoms with van der Waals surface area (Å²) < 4.78 is 81.0. The van der Waals surface area contributed by atoms with Crippen LogP contribution in [0.3, 0.4) is 0 Å². The first kappa shape index (κ1) is 63.6. The minimum Gasteiger partial charge on any atom is -0.507 e. The maximum absolute atomic E-state index is 16.6. The summed E-state index contributed by atoms with van der Waals surface area (Å²) in [5.74, 6) is -6.22. The van der Waals surface area contributed by atoms with Crippen LogP contribution in [0.1, 0.15) is 66.6 Å². The van der Waals surface area contributed by atoms with Crippen LogP contribution < -0.4 is 20.3 Å². The Labute approximate surface area is 504 Å². The summed E-state index contributed by atoms with van der Waals surface area (Å²) >= 11 is 19.1. The van der Waals surface area contributed by atoms with Gasteiger partial charge in [-0.15, -0.1) is 0 Å². The highest BCUT2D eigenvalue weighted by Crippen LogP contribution is 2.53. The number of ketones is 2. The molecule has 4 atom stereocenters. The number of methoxy groups -OCH3 is 1. The van der Waals surface area contributed by atoms with Gasteiger partial charge in [0.15, 0.2) is 17.4 Å². The monoisotopic (exact) mass is 1230 g/mol. The summed E-state index contributed by atoms with van der Waals surface area (Å²) in [6.07, 6.45) is 1.21. The van der Waals surface area contributed by atoms with Gasteiger partial charge < -0.3 is 44.7 Å². The van der Waals surface area contributed by atoms with Crippen molar-refractivity contribution < 1.29 is 56.1 Å². The lowest BCUT2D eigenvalue weighted by Crippen LogP contribution is -2.48. The molecule has 0 saturated carbocycles. The Morgan fingerprint density at radius 2 is 1.64 bits per heavy atom. The number of rotatable bonds is 23. The van der Waals surface area contributed by atoms with Gasteiger partial charge in [-0.25, -0.2) is 22.5 Å². The Bertz CT molecular complexity index is 3560. The number of phenolic OH excluding ortho intramolecular Hbond substituents is 1. The molecule has 0 aliphatic carbocycles. The highest BCUT2D eigenvalue weighted by Gasteiger charge is 2.61. The fraction of sp³-hybridized carbons (Fsp3) is 0.371. The van der Waals surface area contributed by atoms with Gasteiger partial charge in [0.05, 0.1) is 54.7 Å². The SMILES string of the molecule is C=CC(=O)N1CCN(c2nc(NCCC(=O)N(C)CCOCCOCC(=O)c3ccc(CC(=O)[C@@H]4N[C@@H](CC(C)(C)C)[C@](C#N)(c5ccc(Cl)cc5F)[C@H]4c4cccc(Cl)c4F)c(OC)c3)nc3c(F)c(-c4c(O)cccc4F)c(Cl)cc23)CC1. The topological polar surface area (TPSA) is 200 Å². The number of carbonyl (C=O) groups is 4. The number of nitrogens with zero attached hydrogens (tertiary/aromatic N) is 6. The Morgan fingerprint density at radius 1 is 0.906 bits per heavy atom. The zero-order chi connectivity index (χ0) is 61.5. The van der Waals surface area contributed by atoms with E-state index < -0.39 is 80.5 Å². The fourth-order valence-corrected chi connectivity index (χ4v) is 11.6. The van der Waals surface area contributed by atoms with Crippen molar-refractivity contribution in [3.63, 3.8) is 0 Å². The summed E-state index contributed by atoms with van der Waals surface area (Å²) in [6.45, 7) is 10.8. The number of phenols is 1. The van der Waals surface area contributed by atoms with Crippen molar-refractivity contribution >= 4 is 80.9 Å². The predicted molar refractivity (Wildman–Crippen MR) is 317 cm³/mol. The number of carbonyl (C=O) groups excluding carboxylic acids is 4. The van der Waals surface area contributed by atoms with Crippen LogP contribution in [-0.4, -0.2) is 140 Å². The van der Waals surface area contributed by atoms with Gasteiger partial charge in [-0.05, 0) is 65.9 Å². The molecule has 0 spiro atoms. The van der Waals surface area contributed by atoms with E-state index in [9.17, 15) is 29.5 Å². The molecular weight excluding hydrogens is 1170 g/mol. The van der Waals surface area contributed by atoms with Gasteiger partial charge in [-0.1, -0.05) is 98.6 Å². The van der Waals surface area contributed by atoms with Gasteiger partial charge in [0.25, 0.3) is 0 Å². The number of Topliss-reactive ketones (excluding diaryl/α,β-unsaturated/α-hetero) is 2. The van der Waals surface area contributed by atoms with Gasteiger partial charge in [0.2, 0.25) is 17.8 Å². The molecule has 16 nitrogen and oxygen atoms in total. The Balaban J connectivity index is 0.847. The van der Waals surface area contributed by atoms with Crippen molar-refractivity contribution in [3.05, 3.63) is 152 Å². The first-order valence-electron chi connectivity index (χ1n) is 27.3. The second-order valence-electron chi connectivity index (χ2n) is 21.9. The van der Waals surface area contributed by atoms with Crippen molar-refractivity contribution in [1.82, 2.24) is 25.1 Å². The molecule has 448 valence electrons. The average molecular weight is 1230 g/mol. The largest absolute Gasteiger partial charge is 0.507 e. The highest BCUT2D eigenvalue weighted by molar-refractivity contribution is 6.34. The molecule has 85 heavy (non-hydrogen) atoms. The maximum Gasteiger partial charge on any atom is 0.246 e. The minimum atomic E-state index is -1.81. The number of hydrogen-bond donors (Lipinski definition) is 3. The van der Waals surface area contributed by atoms with Crippen LogP contribution in [-0.2, 0) is 35.7 Å². The average Bonchev–Trinajstić information content (AvgIpc) is 1.67. The molecule has 3 heterocycles. The van der Waals surface area contributed by atoms with Gasteiger partial charge >= 0.3 is 0 Å². The number of benzene rings is 5. The zero-order valence-corrected chi connectivity index (χ0v) is 49.6. The molecule has 2 aliphatic rings. The second-order valence-corrected chi connectivity index (χ2v) is 23.2. The van der Waals surface area contributed by atoms with Crippen LogP contribution in [0.4, 0.5) is 29.3 Å². The first-order chi connectivity index (χ1) is 40.5. The van der Waals surface area contributed by atoms with Gasteiger partial charge in [-0.2, -0.15) is 10.2 Å². The molecule has 6 aromatic rings. The minimum absolute atomic E-state index is 0.0296. The zero-order valence-electron chi connectivity index (χ0n) is 47.3. The van der Waals surface area contributed by atoms with Crippen LogP contribution in [0, 0.1) is 40.0 Å². The van der Waals surface area contributed by atoms with E-state index in [1.165, 1.54) is 78.7 Å². The molecule has 2 saturated heterocycles. The van der Waals surface area contributed by atoms with Crippen LogP contribution in [0.15, 0.2) is 91.5 Å². The van der Waals surface area contributed by atoms with E-state index in [2.05, 4.69) is 33.2 Å². The van der Waals surface area contributed by atoms with Crippen molar-refractivity contribution in [3.8, 4) is 28.7 Å². The van der Waals surface area contributed by atoms with E-state index >= 15 is 17.6 Å². The molecule has 2 fully saturated rings. The normalized spacial score (nSPS) is 17.8. The molecule has 5 aromatic carbocycles. The quantitative estimate of drug-likeness (QED) is 0.0237. The summed E-state index contributed by atoms with van der Waals surface area (Å²) in [4.78, 5) is 67.6. The van der Waals surface area contributed by atoms with Gasteiger partial charge in [0.1, 0.15) is 52.3 Å². The van der Waals surface area contributed by atoms with Gasteiger partial charge in [0, 0.05) is 104 Å². The molecule has 1 aromatic heterocycles. The van der Waals surface area contributed by atoms with Crippen molar-refractivity contribution in [2.75, 3.05) is 90.1 Å². The fourth-order valence-electron chi connectivity index (χ4n) is 11.0. The Kier molecular flexibility index (Phi) is 20.5. The number of fused-ring (bicyclic) bond motifs is 1. The number of hydrogen-bond acceptors (Lipinski definition) is 14. The number of anilines is 2. The molecule has 2 aliphatic heterocycles. The summed E-state index contributed by atoms with van der Waals surface area (Å²) in [5, 5.41) is 28.0. The maximum atomic E-state index is 16.6. The van der Waals surface area contributed by atoms with Crippen molar-refractivity contribution in [2.45, 2.75) is 63.5 Å². The molecule has 0 bridgehead atoms. The third kappa shape index (κ3) is 14.0. The predicted octanol–water partition coefficient (Wildman–Crippen LogP) is 10.7. The number of nitriles is 1. The van der Waals surface area contributed by atoms with E-state index in [-0.39, 0.29) is 131 Å². The van der Waals surface area contributed by atoms with Crippen LogP contribution >= 0.6 is 34.8 Å². The number of ether oxygens (including phenoxy) is 3.